The van der Waals surface area contributed by atoms with E-state index in [0.29, 0.717) is 12.5 Å². The fourth-order valence-electron chi connectivity index (χ4n) is 2.65. The Bertz CT molecular complexity index is 1230. The van der Waals surface area contributed by atoms with E-state index in [2.05, 4.69) is 4.18 Å². The summed E-state index contributed by atoms with van der Waals surface area (Å²) in [5.74, 6) is 0. The van der Waals surface area contributed by atoms with Crippen LogP contribution in [0.1, 0.15) is 11.8 Å². The first-order chi connectivity index (χ1) is 13.5. The first-order valence-electron chi connectivity index (χ1n) is 8.05. The number of aryl methyl sites for hydroxylation is 1. The predicted octanol–water partition coefficient (Wildman–Crippen LogP) is -2.59. The largest absolute Gasteiger partial charge is 0.346 e. The Morgan fingerprint density at radius 2 is 1.60 bits per heavy atom. The lowest BCUT2D eigenvalue weighted by Gasteiger charge is -2.23. The molecule has 14 nitrogen and oxygen atoms in total. The van der Waals surface area contributed by atoms with Gasteiger partial charge in [0.15, 0.2) is 12.3 Å². The van der Waals surface area contributed by atoms with Crippen LogP contribution in [0, 0.1) is 6.92 Å². The number of nitrogens with zero attached hydrogens (tertiary/aromatic N) is 1. The Morgan fingerprint density at radius 1 is 1.03 bits per heavy atom. The highest BCUT2D eigenvalue weighted by Crippen LogP contribution is 2.35. The van der Waals surface area contributed by atoms with E-state index in [9.17, 15) is 34.8 Å². The van der Waals surface area contributed by atoms with Crippen molar-refractivity contribution in [2.75, 3.05) is 25.4 Å². The van der Waals surface area contributed by atoms with E-state index in [-0.39, 0.29) is 5.56 Å². The standard InChI is InChI=1S/C13H20N2O12S3/c1-7-5-15(13(17)14-11(7)16)12-10(27-30(4,22)23)9(26-29(3,20)21)8(25-12)6-24-28(2,18)19/h5,8-10,12H,6H2,1-4H3,(H,14,16,17)/t8-,9-,10-,12-/m1/s1/i12+2. The average Bonchev–Trinajstić information content (AvgIpc) is 2.82. The summed E-state index contributed by atoms with van der Waals surface area (Å²) in [6, 6.07) is 0. The molecule has 1 N–H and O–H groups in total. The van der Waals surface area contributed by atoms with Gasteiger partial charge in [-0.25, -0.2) is 4.79 Å². The molecule has 17 heteroatoms. The van der Waals surface area contributed by atoms with Crippen molar-refractivity contribution in [2.45, 2.75) is 31.5 Å². The summed E-state index contributed by atoms with van der Waals surface area (Å²) in [6.45, 7) is 0.584. The van der Waals surface area contributed by atoms with Gasteiger partial charge in [0.1, 0.15) is 12.2 Å². The molecule has 1 saturated heterocycles. The van der Waals surface area contributed by atoms with Gasteiger partial charge in [0, 0.05) is 11.8 Å². The van der Waals surface area contributed by atoms with Crippen LogP contribution in [0.3, 0.4) is 0 Å². The Morgan fingerprint density at radius 3 is 2.10 bits per heavy atom. The SMILES string of the molecule is Cc1cn([14C@@H]2O[C@H](COS(C)(=O)=O)[C@@H](OS(C)(=O)=O)[C@H]2OS(C)(=O)=O)c(=O)[nH]c1=O. The highest BCUT2D eigenvalue weighted by Gasteiger charge is 2.51. The second-order valence-electron chi connectivity index (χ2n) is 6.56. The average molecular weight is 494 g/mol. The van der Waals surface area contributed by atoms with Gasteiger partial charge in [-0.05, 0) is 6.92 Å². The molecule has 0 radical (unpaired) electrons. The molecule has 0 aliphatic carbocycles. The molecule has 0 unspecified atom stereocenters. The zero-order valence-corrected chi connectivity index (χ0v) is 18.6. The number of hydrogen-bond acceptors (Lipinski definition) is 12. The molecule has 1 aliphatic heterocycles. The lowest BCUT2D eigenvalue weighted by Crippen LogP contribution is -2.43. The van der Waals surface area contributed by atoms with E-state index in [4.69, 9.17) is 13.1 Å². The minimum Gasteiger partial charge on any atom is -0.346 e. The summed E-state index contributed by atoms with van der Waals surface area (Å²) in [7, 11) is -12.4. The molecule has 1 aliphatic rings. The Balaban J connectivity index is 2.59. The van der Waals surface area contributed by atoms with Crippen LogP contribution in [0.4, 0.5) is 0 Å². The summed E-state index contributed by atoms with van der Waals surface area (Å²) >= 11 is 0. The molecule has 0 saturated carbocycles. The van der Waals surface area contributed by atoms with Crippen molar-refractivity contribution in [3.63, 3.8) is 0 Å². The third-order valence-electron chi connectivity index (χ3n) is 3.72. The van der Waals surface area contributed by atoms with Crippen LogP contribution < -0.4 is 11.2 Å². The van der Waals surface area contributed by atoms with Crippen molar-refractivity contribution in [3.8, 4) is 0 Å². The minimum atomic E-state index is -4.24. The molecule has 30 heavy (non-hydrogen) atoms. The first kappa shape index (κ1) is 24.6. The van der Waals surface area contributed by atoms with Crippen LogP contribution in [-0.2, 0) is 47.6 Å². The third kappa shape index (κ3) is 6.69. The van der Waals surface area contributed by atoms with Crippen molar-refractivity contribution >= 4 is 30.4 Å². The lowest BCUT2D eigenvalue weighted by molar-refractivity contribution is -0.0458. The number of nitrogens with one attached hydrogen (secondary N) is 1. The molecular weight excluding hydrogens is 474 g/mol. The summed E-state index contributed by atoms with van der Waals surface area (Å²) in [4.78, 5) is 25.8. The van der Waals surface area contributed by atoms with Crippen molar-refractivity contribution in [2.24, 2.45) is 0 Å². The van der Waals surface area contributed by atoms with Crippen LogP contribution in [0.25, 0.3) is 0 Å². The second kappa shape index (κ2) is 8.48. The van der Waals surface area contributed by atoms with Crippen molar-refractivity contribution in [1.29, 1.82) is 0 Å². The van der Waals surface area contributed by atoms with Gasteiger partial charge in [0.05, 0.1) is 25.4 Å². The topological polar surface area (TPSA) is 194 Å². The smallest absolute Gasteiger partial charge is 0.330 e. The summed E-state index contributed by atoms with van der Waals surface area (Å²) < 4.78 is 90.2. The maximum absolute atomic E-state index is 12.2. The zero-order chi connectivity index (χ0) is 23.1. The first-order valence-corrected chi connectivity index (χ1v) is 13.5. The minimum absolute atomic E-state index is 0.0488. The quantitative estimate of drug-likeness (QED) is 0.371. The normalized spacial score (nSPS) is 25.5. The van der Waals surface area contributed by atoms with E-state index in [1.807, 2.05) is 4.98 Å². The maximum atomic E-state index is 12.2. The number of aromatic amines is 1. The van der Waals surface area contributed by atoms with Gasteiger partial charge in [-0.1, -0.05) is 0 Å². The molecule has 172 valence electrons. The Hall–Kier alpha value is -1.63. The number of ether oxygens (including phenoxy) is 1. The molecular formula is C13H20N2O12S3. The molecule has 0 bridgehead atoms. The van der Waals surface area contributed by atoms with Crippen molar-refractivity contribution in [3.05, 3.63) is 32.6 Å². The third-order valence-corrected chi connectivity index (χ3v) is 5.43. The van der Waals surface area contributed by atoms with Crippen LogP contribution in [-0.4, -0.2) is 78.5 Å². The van der Waals surface area contributed by atoms with Crippen molar-refractivity contribution < 1.29 is 42.5 Å². The van der Waals surface area contributed by atoms with Gasteiger partial charge in [0.25, 0.3) is 35.9 Å². The molecule has 1 aromatic heterocycles. The summed E-state index contributed by atoms with van der Waals surface area (Å²) in [5, 5.41) is 0. The summed E-state index contributed by atoms with van der Waals surface area (Å²) in [5.41, 5.74) is -1.68. The van der Waals surface area contributed by atoms with Crippen LogP contribution in [0.2, 0.25) is 0 Å². The van der Waals surface area contributed by atoms with Crippen molar-refractivity contribution in [1.82, 2.24) is 9.55 Å². The summed E-state index contributed by atoms with van der Waals surface area (Å²) in [6.07, 6.45) is -3.43. The monoisotopic (exact) mass is 494 g/mol. The van der Waals surface area contributed by atoms with E-state index in [1.54, 1.807) is 0 Å². The molecule has 2 rings (SSSR count). The Kier molecular flexibility index (Phi) is 6.97. The van der Waals surface area contributed by atoms with Gasteiger partial charge in [-0.3, -0.25) is 26.9 Å². The molecule has 0 amide bonds. The maximum Gasteiger partial charge on any atom is 0.330 e. The molecule has 1 aromatic rings. The molecule has 4 atom stereocenters. The highest BCUT2D eigenvalue weighted by atomic mass is 32.2. The van der Waals surface area contributed by atoms with Gasteiger partial charge in [-0.15, -0.1) is 0 Å². The fourth-order valence-corrected chi connectivity index (χ4v) is 4.28. The number of aromatic nitrogens is 2. The van der Waals surface area contributed by atoms with Gasteiger partial charge < -0.3 is 4.74 Å². The van der Waals surface area contributed by atoms with Crippen LogP contribution >= 0.6 is 0 Å². The van der Waals surface area contributed by atoms with Gasteiger partial charge in [0.2, 0.25) is 0 Å². The van der Waals surface area contributed by atoms with E-state index in [1.165, 1.54) is 6.92 Å². The predicted molar refractivity (Wildman–Crippen MR) is 100 cm³/mol. The van der Waals surface area contributed by atoms with E-state index >= 15 is 0 Å². The van der Waals surface area contributed by atoms with Crippen LogP contribution in [0.15, 0.2) is 15.8 Å². The molecule has 1 fully saturated rings. The Labute approximate surface area is 172 Å². The fraction of sp³-hybridized carbons (Fsp3) is 0.692. The number of hydrogen-bond donors (Lipinski definition) is 1. The lowest BCUT2D eigenvalue weighted by atomic mass is 10.2. The highest BCUT2D eigenvalue weighted by molar-refractivity contribution is 7.86. The number of H-pyrrole nitrogens is 1. The van der Waals surface area contributed by atoms with Gasteiger partial charge in [-0.2, -0.15) is 25.3 Å². The van der Waals surface area contributed by atoms with E-state index in [0.717, 1.165) is 17.0 Å². The molecule has 0 aromatic carbocycles. The second-order valence-corrected chi connectivity index (χ2v) is 11.4. The molecule has 2 heterocycles. The van der Waals surface area contributed by atoms with Crippen LogP contribution in [0.5, 0.6) is 0 Å². The molecule has 0 spiro atoms. The number of rotatable bonds is 8. The van der Waals surface area contributed by atoms with Gasteiger partial charge >= 0.3 is 5.69 Å². The van der Waals surface area contributed by atoms with E-state index < -0.39 is 72.8 Å². The zero-order valence-electron chi connectivity index (χ0n) is 16.2.